The molecule has 0 spiro atoms. The van der Waals surface area contributed by atoms with Gasteiger partial charge in [0, 0.05) is 12.6 Å². The fourth-order valence-electron chi connectivity index (χ4n) is 3.36. The fraction of sp³-hybridized carbons (Fsp3) is 0.381. The van der Waals surface area contributed by atoms with Crippen LogP contribution >= 0.6 is 0 Å². The van der Waals surface area contributed by atoms with Gasteiger partial charge in [-0.2, -0.15) is 0 Å². The Balaban J connectivity index is 1.64. The van der Waals surface area contributed by atoms with Crippen molar-refractivity contribution in [2.24, 2.45) is 0 Å². The van der Waals surface area contributed by atoms with E-state index in [0.29, 0.717) is 18.7 Å². The number of fused-ring (bicyclic) bond motifs is 1. The van der Waals surface area contributed by atoms with Crippen molar-refractivity contribution in [3.8, 4) is 5.75 Å². The van der Waals surface area contributed by atoms with E-state index >= 15 is 0 Å². The lowest BCUT2D eigenvalue weighted by molar-refractivity contribution is -0.123. The van der Waals surface area contributed by atoms with Crippen molar-refractivity contribution in [3.05, 3.63) is 54.1 Å². The van der Waals surface area contributed by atoms with E-state index in [1.807, 2.05) is 31.2 Å². The maximum absolute atomic E-state index is 13.0. The maximum atomic E-state index is 13.0. The molecule has 150 valence electrons. The van der Waals surface area contributed by atoms with Crippen LogP contribution in [0.4, 0.5) is 5.69 Å². The van der Waals surface area contributed by atoms with Gasteiger partial charge in [-0.05, 0) is 55.7 Å². The molecule has 7 heteroatoms. The zero-order chi connectivity index (χ0) is 20.1. The van der Waals surface area contributed by atoms with Gasteiger partial charge < -0.3 is 10.1 Å². The lowest BCUT2D eigenvalue weighted by Crippen LogP contribution is -2.35. The standard InChI is InChI=1S/C21H26N2O4S/c1-3-6-16(2)22-21(24)15-27-18-9-11-19(12-10-18)28(25,26)23-14-13-17-7-4-5-8-20(17)23/h4-5,7-12,16H,3,6,13-15H2,1-2H3,(H,22,24). The second kappa shape index (κ2) is 8.65. The Hall–Kier alpha value is -2.54. The smallest absolute Gasteiger partial charge is 0.264 e. The zero-order valence-corrected chi connectivity index (χ0v) is 17.0. The van der Waals surface area contributed by atoms with E-state index in [1.165, 1.54) is 16.4 Å². The molecule has 0 radical (unpaired) electrons. The van der Waals surface area contributed by atoms with Crippen molar-refractivity contribution in [1.82, 2.24) is 5.32 Å². The summed E-state index contributed by atoms with van der Waals surface area (Å²) in [5.74, 6) is 0.269. The highest BCUT2D eigenvalue weighted by molar-refractivity contribution is 7.92. The van der Waals surface area contributed by atoms with Crippen LogP contribution in [-0.2, 0) is 21.2 Å². The van der Waals surface area contributed by atoms with E-state index in [2.05, 4.69) is 12.2 Å². The molecule has 0 aliphatic carbocycles. The lowest BCUT2D eigenvalue weighted by atomic mass is 10.2. The van der Waals surface area contributed by atoms with Crippen LogP contribution in [0, 0.1) is 0 Å². The number of amides is 1. The number of carbonyl (C=O) groups excluding carboxylic acids is 1. The lowest BCUT2D eigenvalue weighted by Gasteiger charge is -2.19. The number of hydrogen-bond acceptors (Lipinski definition) is 4. The quantitative estimate of drug-likeness (QED) is 0.736. The van der Waals surface area contributed by atoms with Gasteiger partial charge in [-0.3, -0.25) is 9.10 Å². The van der Waals surface area contributed by atoms with Crippen molar-refractivity contribution in [2.45, 2.75) is 44.0 Å². The van der Waals surface area contributed by atoms with Gasteiger partial charge in [-0.15, -0.1) is 0 Å². The van der Waals surface area contributed by atoms with Gasteiger partial charge >= 0.3 is 0 Å². The minimum atomic E-state index is -3.62. The van der Waals surface area contributed by atoms with Crippen molar-refractivity contribution < 1.29 is 17.9 Å². The third kappa shape index (κ3) is 4.47. The summed E-state index contributed by atoms with van der Waals surface area (Å²) < 4.78 is 32.9. The molecular formula is C21H26N2O4S. The van der Waals surface area contributed by atoms with Crippen LogP contribution in [0.3, 0.4) is 0 Å². The molecule has 0 fully saturated rings. The fourth-order valence-corrected chi connectivity index (χ4v) is 4.87. The maximum Gasteiger partial charge on any atom is 0.264 e. The Labute approximate surface area is 166 Å². The van der Waals surface area contributed by atoms with Crippen LogP contribution in [0.5, 0.6) is 5.75 Å². The topological polar surface area (TPSA) is 75.7 Å². The number of rotatable bonds is 8. The molecule has 2 aromatic rings. The Kier molecular flexibility index (Phi) is 6.24. The first kappa shape index (κ1) is 20.2. The predicted molar refractivity (Wildman–Crippen MR) is 109 cm³/mol. The number of ether oxygens (including phenoxy) is 1. The Morgan fingerprint density at radius 1 is 1.18 bits per heavy atom. The highest BCUT2D eigenvalue weighted by atomic mass is 32.2. The van der Waals surface area contributed by atoms with Gasteiger partial charge in [0.25, 0.3) is 15.9 Å². The molecule has 0 saturated heterocycles. The average Bonchev–Trinajstić information content (AvgIpc) is 3.12. The number of benzene rings is 2. The molecule has 1 aliphatic rings. The van der Waals surface area contributed by atoms with E-state index in [4.69, 9.17) is 4.74 Å². The first-order valence-electron chi connectivity index (χ1n) is 9.54. The van der Waals surface area contributed by atoms with Gasteiger partial charge in [-0.1, -0.05) is 31.5 Å². The number of sulfonamides is 1. The van der Waals surface area contributed by atoms with Crippen LogP contribution in [0.1, 0.15) is 32.3 Å². The van der Waals surface area contributed by atoms with Crippen LogP contribution < -0.4 is 14.4 Å². The summed E-state index contributed by atoms with van der Waals surface area (Å²) in [5.41, 5.74) is 1.77. The van der Waals surface area contributed by atoms with E-state index in [0.717, 1.165) is 24.1 Å². The summed E-state index contributed by atoms with van der Waals surface area (Å²) in [5, 5.41) is 2.87. The Morgan fingerprint density at radius 3 is 2.61 bits per heavy atom. The number of nitrogens with zero attached hydrogens (tertiary/aromatic N) is 1. The number of anilines is 1. The second-order valence-corrected chi connectivity index (χ2v) is 8.84. The summed E-state index contributed by atoms with van der Waals surface area (Å²) in [7, 11) is -3.62. The van der Waals surface area contributed by atoms with Gasteiger partial charge in [0.1, 0.15) is 5.75 Å². The van der Waals surface area contributed by atoms with Gasteiger partial charge in [-0.25, -0.2) is 8.42 Å². The molecule has 1 heterocycles. The predicted octanol–water partition coefficient (Wildman–Crippen LogP) is 3.12. The zero-order valence-electron chi connectivity index (χ0n) is 16.2. The molecule has 2 aromatic carbocycles. The molecule has 0 aromatic heterocycles. The highest BCUT2D eigenvalue weighted by Gasteiger charge is 2.30. The van der Waals surface area contributed by atoms with Crippen molar-refractivity contribution in [1.29, 1.82) is 0 Å². The summed E-state index contributed by atoms with van der Waals surface area (Å²) in [6.07, 6.45) is 2.62. The normalized spacial score (nSPS) is 14.4. The molecule has 1 N–H and O–H groups in total. The number of carbonyl (C=O) groups is 1. The van der Waals surface area contributed by atoms with E-state index < -0.39 is 10.0 Å². The summed E-state index contributed by atoms with van der Waals surface area (Å²) in [4.78, 5) is 12.1. The minimum Gasteiger partial charge on any atom is -0.484 e. The summed E-state index contributed by atoms with van der Waals surface area (Å²) in [6.45, 7) is 4.36. The molecule has 1 amide bonds. The van der Waals surface area contributed by atoms with E-state index in [-0.39, 0.29) is 23.5 Å². The van der Waals surface area contributed by atoms with Crippen molar-refractivity contribution >= 4 is 21.6 Å². The van der Waals surface area contributed by atoms with Crippen LogP contribution in [0.2, 0.25) is 0 Å². The molecule has 28 heavy (non-hydrogen) atoms. The molecule has 0 saturated carbocycles. The molecule has 3 rings (SSSR count). The first-order chi connectivity index (χ1) is 13.4. The van der Waals surface area contributed by atoms with Crippen LogP contribution in [0.25, 0.3) is 0 Å². The molecular weight excluding hydrogens is 376 g/mol. The summed E-state index contributed by atoms with van der Waals surface area (Å²) in [6, 6.07) is 13.8. The third-order valence-electron chi connectivity index (χ3n) is 4.76. The van der Waals surface area contributed by atoms with Gasteiger partial charge in [0.05, 0.1) is 10.6 Å². The monoisotopic (exact) mass is 402 g/mol. The van der Waals surface area contributed by atoms with E-state index in [1.54, 1.807) is 12.1 Å². The number of hydrogen-bond donors (Lipinski definition) is 1. The minimum absolute atomic E-state index is 0.0976. The molecule has 1 unspecified atom stereocenters. The Morgan fingerprint density at radius 2 is 1.89 bits per heavy atom. The number of nitrogens with one attached hydrogen (secondary N) is 1. The molecule has 1 atom stereocenters. The second-order valence-electron chi connectivity index (χ2n) is 6.97. The first-order valence-corrected chi connectivity index (χ1v) is 11.0. The third-order valence-corrected chi connectivity index (χ3v) is 6.58. The largest absolute Gasteiger partial charge is 0.484 e. The van der Waals surface area contributed by atoms with E-state index in [9.17, 15) is 13.2 Å². The molecule has 0 bridgehead atoms. The van der Waals surface area contributed by atoms with Crippen LogP contribution in [0.15, 0.2) is 53.4 Å². The number of para-hydroxylation sites is 1. The van der Waals surface area contributed by atoms with Gasteiger partial charge in [0.15, 0.2) is 6.61 Å². The SMILES string of the molecule is CCCC(C)NC(=O)COc1ccc(S(=O)(=O)N2CCc3ccccc32)cc1. The highest BCUT2D eigenvalue weighted by Crippen LogP contribution is 2.32. The average molecular weight is 403 g/mol. The Bertz CT molecular complexity index is 926. The van der Waals surface area contributed by atoms with Crippen molar-refractivity contribution in [3.63, 3.8) is 0 Å². The summed E-state index contributed by atoms with van der Waals surface area (Å²) >= 11 is 0. The van der Waals surface area contributed by atoms with Crippen molar-refractivity contribution in [2.75, 3.05) is 17.5 Å². The van der Waals surface area contributed by atoms with Crippen LogP contribution in [-0.4, -0.2) is 33.5 Å². The molecule has 6 nitrogen and oxygen atoms in total. The van der Waals surface area contributed by atoms with Gasteiger partial charge in [0.2, 0.25) is 0 Å². The molecule has 1 aliphatic heterocycles.